The molecule has 0 unspecified atom stereocenters. The molecule has 0 bridgehead atoms. The number of nitrogens with one attached hydrogen (secondary N) is 1. The Bertz CT molecular complexity index is 1220. The van der Waals surface area contributed by atoms with E-state index in [1.165, 1.54) is 0 Å². The van der Waals surface area contributed by atoms with Crippen LogP contribution in [0.15, 0.2) is 36.4 Å². The molecule has 0 spiro atoms. The molecule has 0 saturated carbocycles. The minimum atomic E-state index is -0.249. The number of esters is 1. The second-order valence-electron chi connectivity index (χ2n) is 8.97. The molecule has 8 nitrogen and oxygen atoms in total. The molecule has 34 heavy (non-hydrogen) atoms. The number of piperidine rings is 1. The van der Waals surface area contributed by atoms with Gasteiger partial charge in [0.2, 0.25) is 0 Å². The van der Waals surface area contributed by atoms with Gasteiger partial charge in [-0.15, -0.1) is 0 Å². The van der Waals surface area contributed by atoms with Crippen molar-refractivity contribution >= 4 is 23.0 Å². The summed E-state index contributed by atoms with van der Waals surface area (Å²) >= 11 is 0. The van der Waals surface area contributed by atoms with Gasteiger partial charge in [-0.25, -0.2) is 9.78 Å². The first-order chi connectivity index (χ1) is 16.5. The van der Waals surface area contributed by atoms with Crippen LogP contribution in [0.5, 0.6) is 5.75 Å². The molecule has 8 heteroatoms. The highest BCUT2D eigenvalue weighted by Gasteiger charge is 2.32. The first kappa shape index (κ1) is 22.3. The summed E-state index contributed by atoms with van der Waals surface area (Å²) in [5.41, 5.74) is 5.06. The zero-order valence-electron chi connectivity index (χ0n) is 19.7. The maximum Gasteiger partial charge on any atom is 0.320 e. The molecule has 1 aromatic heterocycles. The minimum absolute atomic E-state index is 0.0507. The first-order valence-electron chi connectivity index (χ1n) is 11.9. The number of benzene rings is 2. The molecule has 2 aliphatic heterocycles. The monoisotopic (exact) mass is 462 g/mol. The zero-order valence-corrected chi connectivity index (χ0v) is 19.7. The number of aromatic nitrogens is 2. The smallest absolute Gasteiger partial charge is 0.320 e. The summed E-state index contributed by atoms with van der Waals surface area (Å²) in [6.45, 7) is 6.58. The summed E-state index contributed by atoms with van der Waals surface area (Å²) in [6.07, 6.45) is 1.56. The van der Waals surface area contributed by atoms with Crippen molar-refractivity contribution in [3.05, 3.63) is 47.8 Å². The number of hydrogen-bond donors (Lipinski definition) is 1. The second kappa shape index (κ2) is 9.37. The van der Waals surface area contributed by atoms with E-state index in [-0.39, 0.29) is 17.9 Å². The maximum atomic E-state index is 13.4. The largest absolute Gasteiger partial charge is 0.491 e. The van der Waals surface area contributed by atoms with Gasteiger partial charge in [-0.3, -0.25) is 4.79 Å². The molecule has 5 rings (SSSR count). The van der Waals surface area contributed by atoms with Crippen LogP contribution < -0.4 is 4.74 Å². The van der Waals surface area contributed by atoms with E-state index in [0.29, 0.717) is 39.4 Å². The van der Waals surface area contributed by atoms with Crippen LogP contribution in [0.1, 0.15) is 31.2 Å². The number of hydrogen-bond acceptors (Lipinski definition) is 5. The number of aryl methyl sites for hydroxylation is 1. The van der Waals surface area contributed by atoms with E-state index in [2.05, 4.69) is 34.2 Å². The van der Waals surface area contributed by atoms with Gasteiger partial charge in [0, 0.05) is 18.7 Å². The lowest BCUT2D eigenvalue weighted by molar-refractivity contribution is -0.149. The van der Waals surface area contributed by atoms with Crippen LogP contribution in [0.4, 0.5) is 4.79 Å². The van der Waals surface area contributed by atoms with Crippen LogP contribution in [0.2, 0.25) is 0 Å². The second-order valence-corrected chi connectivity index (χ2v) is 8.97. The fourth-order valence-corrected chi connectivity index (χ4v) is 4.86. The number of H-pyrrole nitrogens is 1. The molecule has 3 heterocycles. The third-order valence-electron chi connectivity index (χ3n) is 6.56. The number of nitrogens with zero attached hydrogens (tertiary/aromatic N) is 3. The fourth-order valence-electron chi connectivity index (χ4n) is 4.86. The van der Waals surface area contributed by atoms with Gasteiger partial charge >= 0.3 is 12.0 Å². The quantitative estimate of drug-likeness (QED) is 0.592. The Hall–Kier alpha value is -3.55. The maximum absolute atomic E-state index is 13.4. The molecule has 2 amide bonds. The highest BCUT2D eigenvalue weighted by atomic mass is 16.5. The molecule has 0 radical (unpaired) electrons. The average Bonchev–Trinajstić information content (AvgIpc) is 3.09. The summed E-state index contributed by atoms with van der Waals surface area (Å²) in [6, 6.07) is 12.3. The van der Waals surface area contributed by atoms with E-state index in [1.54, 1.807) is 11.8 Å². The number of fused-ring (bicyclic) bond motifs is 2. The predicted octanol–water partition coefficient (Wildman–Crippen LogP) is 4.13. The molecule has 0 aliphatic carbocycles. The Kier molecular flexibility index (Phi) is 6.13. The highest BCUT2D eigenvalue weighted by molar-refractivity contribution is 5.82. The SMILES string of the molecule is CCOC(=O)[C@H]1CCCN(C(=O)N2CCOc3ccc(-c4ccc5nc(C)[nH]c5c4)cc3C2)C1. The third-order valence-corrected chi connectivity index (χ3v) is 6.56. The third kappa shape index (κ3) is 4.44. The van der Waals surface area contributed by atoms with E-state index >= 15 is 0 Å². The minimum Gasteiger partial charge on any atom is -0.491 e. The summed E-state index contributed by atoms with van der Waals surface area (Å²) in [5.74, 6) is 1.24. The van der Waals surface area contributed by atoms with Crippen molar-refractivity contribution < 1.29 is 19.1 Å². The van der Waals surface area contributed by atoms with Gasteiger partial charge < -0.3 is 24.3 Å². The number of carbonyl (C=O) groups is 2. The molecule has 1 fully saturated rings. The summed E-state index contributed by atoms with van der Waals surface area (Å²) < 4.78 is 11.2. The number of carbonyl (C=O) groups excluding carboxylic acids is 2. The molecule has 1 atom stereocenters. The van der Waals surface area contributed by atoms with Crippen LogP contribution in [0.3, 0.4) is 0 Å². The first-order valence-corrected chi connectivity index (χ1v) is 11.9. The van der Waals surface area contributed by atoms with Crippen LogP contribution in [0.25, 0.3) is 22.2 Å². The number of imidazole rings is 1. The number of likely N-dealkylation sites (tertiary alicyclic amines) is 1. The van der Waals surface area contributed by atoms with Gasteiger partial charge in [-0.2, -0.15) is 0 Å². The highest BCUT2D eigenvalue weighted by Crippen LogP contribution is 2.31. The van der Waals surface area contributed by atoms with E-state index < -0.39 is 0 Å². The van der Waals surface area contributed by atoms with Gasteiger partial charge in [-0.1, -0.05) is 12.1 Å². The normalized spacial score (nSPS) is 18.2. The van der Waals surface area contributed by atoms with Crippen LogP contribution in [-0.2, 0) is 16.1 Å². The van der Waals surface area contributed by atoms with Crippen molar-refractivity contribution in [3.8, 4) is 16.9 Å². The predicted molar refractivity (Wildman–Crippen MR) is 128 cm³/mol. The van der Waals surface area contributed by atoms with Crippen molar-refractivity contribution in [2.45, 2.75) is 33.2 Å². The molecular weight excluding hydrogens is 432 g/mol. The van der Waals surface area contributed by atoms with Crippen molar-refractivity contribution in [1.82, 2.24) is 19.8 Å². The van der Waals surface area contributed by atoms with Gasteiger partial charge in [0.1, 0.15) is 18.2 Å². The lowest BCUT2D eigenvalue weighted by Gasteiger charge is -2.35. The Morgan fingerprint density at radius 3 is 2.82 bits per heavy atom. The van der Waals surface area contributed by atoms with E-state index in [9.17, 15) is 9.59 Å². The Balaban J connectivity index is 1.35. The Morgan fingerprint density at radius 1 is 1.15 bits per heavy atom. The number of ether oxygens (including phenoxy) is 2. The lowest BCUT2D eigenvalue weighted by Crippen LogP contribution is -2.49. The Labute approximate surface area is 198 Å². The molecule has 1 saturated heterocycles. The molecule has 178 valence electrons. The van der Waals surface area contributed by atoms with Crippen molar-refractivity contribution in [2.75, 3.05) is 32.8 Å². The van der Waals surface area contributed by atoms with Gasteiger partial charge in [0.05, 0.1) is 36.6 Å². The van der Waals surface area contributed by atoms with Crippen LogP contribution >= 0.6 is 0 Å². The number of amides is 2. The summed E-state index contributed by atoms with van der Waals surface area (Å²) in [4.78, 5) is 37.0. The van der Waals surface area contributed by atoms with Gasteiger partial charge in [0.15, 0.2) is 0 Å². The number of urea groups is 1. The van der Waals surface area contributed by atoms with E-state index in [0.717, 1.165) is 52.1 Å². The molecule has 2 aromatic carbocycles. The molecule has 1 N–H and O–H groups in total. The van der Waals surface area contributed by atoms with E-state index in [4.69, 9.17) is 9.47 Å². The van der Waals surface area contributed by atoms with Crippen molar-refractivity contribution in [3.63, 3.8) is 0 Å². The van der Waals surface area contributed by atoms with Gasteiger partial charge in [-0.05, 0) is 62.1 Å². The average molecular weight is 463 g/mol. The zero-order chi connectivity index (χ0) is 23.7. The van der Waals surface area contributed by atoms with E-state index in [1.807, 2.05) is 24.0 Å². The molecular formula is C26H30N4O4. The molecule has 2 aliphatic rings. The van der Waals surface area contributed by atoms with Crippen LogP contribution in [-0.4, -0.2) is 64.6 Å². The number of rotatable bonds is 3. The standard InChI is InChI=1S/C26H30N4O4/c1-3-33-25(31)20-5-4-10-29(15-20)26(32)30-11-12-34-24-9-7-18(13-21(24)16-30)19-6-8-22-23(14-19)28-17(2)27-22/h6-9,13-14,20H,3-5,10-12,15-16H2,1-2H3,(H,27,28)/t20-/m0/s1. The summed E-state index contributed by atoms with van der Waals surface area (Å²) in [7, 11) is 0. The van der Waals surface area contributed by atoms with Crippen molar-refractivity contribution in [1.29, 1.82) is 0 Å². The number of aromatic amines is 1. The fraction of sp³-hybridized carbons (Fsp3) is 0.423. The van der Waals surface area contributed by atoms with Crippen molar-refractivity contribution in [2.24, 2.45) is 5.92 Å². The lowest BCUT2D eigenvalue weighted by atomic mass is 9.98. The topological polar surface area (TPSA) is 87.8 Å². The van der Waals surface area contributed by atoms with Gasteiger partial charge in [0.25, 0.3) is 0 Å². The van der Waals surface area contributed by atoms with Crippen LogP contribution in [0, 0.1) is 12.8 Å². The Morgan fingerprint density at radius 2 is 1.97 bits per heavy atom. The summed E-state index contributed by atoms with van der Waals surface area (Å²) in [5, 5.41) is 0. The molecule has 3 aromatic rings.